The lowest BCUT2D eigenvalue weighted by atomic mass is 10.1. The van der Waals surface area contributed by atoms with Crippen molar-refractivity contribution in [2.24, 2.45) is 0 Å². The maximum atomic E-state index is 12.3. The molecule has 1 aliphatic carbocycles. The maximum absolute atomic E-state index is 12.3. The van der Waals surface area contributed by atoms with Crippen molar-refractivity contribution in [3.8, 4) is 0 Å². The predicted octanol–water partition coefficient (Wildman–Crippen LogP) is 1.11. The highest BCUT2D eigenvalue weighted by Crippen LogP contribution is 2.38. The number of amides is 1. The molecule has 1 aromatic rings. The molecule has 1 aliphatic heterocycles. The van der Waals surface area contributed by atoms with Gasteiger partial charge in [0.1, 0.15) is 5.56 Å². The second kappa shape index (κ2) is 4.81. The molecule has 0 unspecified atom stereocenters. The van der Waals surface area contributed by atoms with Gasteiger partial charge in [-0.3, -0.25) is 9.59 Å². The zero-order valence-electron chi connectivity index (χ0n) is 11.0. The van der Waals surface area contributed by atoms with E-state index in [0.29, 0.717) is 25.6 Å². The summed E-state index contributed by atoms with van der Waals surface area (Å²) in [4.78, 5) is 28.8. The molecule has 5 heteroatoms. The van der Waals surface area contributed by atoms with Gasteiger partial charge in [-0.2, -0.15) is 0 Å². The van der Waals surface area contributed by atoms with Crippen LogP contribution in [0.4, 0.5) is 0 Å². The molecule has 3 rings (SSSR count). The van der Waals surface area contributed by atoms with E-state index in [1.807, 2.05) is 13.0 Å². The standard InChI is InChI=1S/C14H18N2O3/c1-9-8-16(6-7-19-9)14(18)11-4-5-12(10-2-3-10)15-13(11)17/h4-5,9-10H,2-3,6-8H2,1H3,(H,15,17)/t9-/m0/s1. The van der Waals surface area contributed by atoms with Crippen LogP contribution in [0.3, 0.4) is 0 Å². The Hall–Kier alpha value is -1.62. The molecule has 0 aromatic carbocycles. The number of carbonyl (C=O) groups excluding carboxylic acids is 1. The van der Waals surface area contributed by atoms with Gasteiger partial charge in [-0.25, -0.2) is 0 Å². The lowest BCUT2D eigenvalue weighted by molar-refractivity contribution is -0.0124. The normalized spacial score (nSPS) is 23.4. The summed E-state index contributed by atoms with van der Waals surface area (Å²) < 4.78 is 5.40. The number of morpholine rings is 1. The summed E-state index contributed by atoms with van der Waals surface area (Å²) in [5, 5.41) is 0. The van der Waals surface area contributed by atoms with Crippen molar-refractivity contribution in [1.82, 2.24) is 9.88 Å². The average Bonchev–Trinajstić information content (AvgIpc) is 3.22. The van der Waals surface area contributed by atoms with E-state index >= 15 is 0 Å². The van der Waals surface area contributed by atoms with E-state index in [9.17, 15) is 9.59 Å². The second-order valence-electron chi connectivity index (χ2n) is 5.36. The number of H-pyrrole nitrogens is 1. The molecule has 2 aliphatic rings. The average molecular weight is 262 g/mol. The molecule has 0 spiro atoms. The van der Waals surface area contributed by atoms with Gasteiger partial charge in [0.2, 0.25) is 0 Å². The van der Waals surface area contributed by atoms with Crippen LogP contribution in [0.15, 0.2) is 16.9 Å². The van der Waals surface area contributed by atoms with Crippen LogP contribution in [0, 0.1) is 0 Å². The third kappa shape index (κ3) is 2.56. The molecule has 1 N–H and O–H groups in total. The molecular formula is C14H18N2O3. The first-order chi connectivity index (χ1) is 9.15. The summed E-state index contributed by atoms with van der Waals surface area (Å²) in [6, 6.07) is 3.53. The van der Waals surface area contributed by atoms with Crippen LogP contribution in [0.25, 0.3) is 0 Å². The van der Waals surface area contributed by atoms with Gasteiger partial charge >= 0.3 is 0 Å². The number of hydrogen-bond acceptors (Lipinski definition) is 3. The molecule has 2 heterocycles. The van der Waals surface area contributed by atoms with Gasteiger partial charge in [-0.05, 0) is 37.8 Å². The van der Waals surface area contributed by atoms with Crippen molar-refractivity contribution in [2.75, 3.05) is 19.7 Å². The summed E-state index contributed by atoms with van der Waals surface area (Å²) in [5.74, 6) is 0.291. The van der Waals surface area contributed by atoms with Crippen molar-refractivity contribution in [3.63, 3.8) is 0 Å². The Morgan fingerprint density at radius 1 is 1.42 bits per heavy atom. The van der Waals surface area contributed by atoms with Crippen molar-refractivity contribution < 1.29 is 9.53 Å². The fraction of sp³-hybridized carbons (Fsp3) is 0.571. The molecule has 19 heavy (non-hydrogen) atoms. The number of pyridine rings is 1. The van der Waals surface area contributed by atoms with Crippen LogP contribution in [-0.4, -0.2) is 41.6 Å². The number of aromatic nitrogens is 1. The van der Waals surface area contributed by atoms with Crippen LogP contribution in [-0.2, 0) is 4.74 Å². The quantitative estimate of drug-likeness (QED) is 0.868. The van der Waals surface area contributed by atoms with Gasteiger partial charge in [-0.15, -0.1) is 0 Å². The molecular weight excluding hydrogens is 244 g/mol. The molecule has 5 nitrogen and oxygen atoms in total. The van der Waals surface area contributed by atoms with E-state index in [-0.39, 0.29) is 23.1 Å². The van der Waals surface area contributed by atoms with E-state index in [1.165, 1.54) is 0 Å². The highest BCUT2D eigenvalue weighted by molar-refractivity contribution is 5.93. The number of aromatic amines is 1. The van der Waals surface area contributed by atoms with Crippen molar-refractivity contribution in [3.05, 3.63) is 33.7 Å². The highest BCUT2D eigenvalue weighted by Gasteiger charge is 2.27. The molecule has 0 bridgehead atoms. The van der Waals surface area contributed by atoms with Gasteiger partial charge in [0.05, 0.1) is 12.7 Å². The zero-order chi connectivity index (χ0) is 13.4. The van der Waals surface area contributed by atoms with Crippen LogP contribution >= 0.6 is 0 Å². The van der Waals surface area contributed by atoms with Crippen LogP contribution < -0.4 is 5.56 Å². The van der Waals surface area contributed by atoms with Gasteiger partial charge in [-0.1, -0.05) is 0 Å². The summed E-state index contributed by atoms with van der Waals surface area (Å²) >= 11 is 0. The van der Waals surface area contributed by atoms with Gasteiger partial charge < -0.3 is 14.6 Å². The highest BCUT2D eigenvalue weighted by atomic mass is 16.5. The number of ether oxygens (including phenoxy) is 1. The van der Waals surface area contributed by atoms with Crippen molar-refractivity contribution in [1.29, 1.82) is 0 Å². The largest absolute Gasteiger partial charge is 0.375 e. The number of rotatable bonds is 2. The molecule has 0 radical (unpaired) electrons. The molecule has 2 fully saturated rings. The van der Waals surface area contributed by atoms with E-state index < -0.39 is 0 Å². The SMILES string of the molecule is C[C@H]1CN(C(=O)c2ccc(C3CC3)[nH]c2=O)CCO1. The lowest BCUT2D eigenvalue weighted by Gasteiger charge is -2.31. The monoisotopic (exact) mass is 262 g/mol. The molecule has 1 amide bonds. The summed E-state index contributed by atoms with van der Waals surface area (Å²) in [6.07, 6.45) is 2.29. The molecule has 1 saturated carbocycles. The third-order valence-corrected chi connectivity index (χ3v) is 3.71. The first kappa shape index (κ1) is 12.4. The van der Waals surface area contributed by atoms with E-state index in [0.717, 1.165) is 18.5 Å². The van der Waals surface area contributed by atoms with Crippen LogP contribution in [0.2, 0.25) is 0 Å². The third-order valence-electron chi connectivity index (χ3n) is 3.71. The lowest BCUT2D eigenvalue weighted by Crippen LogP contribution is -2.45. The maximum Gasteiger partial charge on any atom is 0.261 e. The van der Waals surface area contributed by atoms with Crippen molar-refractivity contribution >= 4 is 5.91 Å². The number of hydrogen-bond donors (Lipinski definition) is 1. The topological polar surface area (TPSA) is 62.4 Å². The number of nitrogens with zero attached hydrogens (tertiary/aromatic N) is 1. The Morgan fingerprint density at radius 2 is 2.21 bits per heavy atom. The van der Waals surface area contributed by atoms with E-state index in [2.05, 4.69) is 4.98 Å². The first-order valence-corrected chi connectivity index (χ1v) is 6.79. The Morgan fingerprint density at radius 3 is 2.84 bits per heavy atom. The van der Waals surface area contributed by atoms with E-state index in [1.54, 1.807) is 11.0 Å². The minimum Gasteiger partial charge on any atom is -0.375 e. The number of carbonyl (C=O) groups is 1. The number of nitrogens with one attached hydrogen (secondary N) is 1. The van der Waals surface area contributed by atoms with Gasteiger partial charge in [0.15, 0.2) is 0 Å². The smallest absolute Gasteiger partial charge is 0.261 e. The minimum atomic E-state index is -0.270. The minimum absolute atomic E-state index is 0.0301. The van der Waals surface area contributed by atoms with Gasteiger partial charge in [0, 0.05) is 18.8 Å². The van der Waals surface area contributed by atoms with Crippen LogP contribution in [0.5, 0.6) is 0 Å². The van der Waals surface area contributed by atoms with E-state index in [4.69, 9.17) is 4.74 Å². The fourth-order valence-corrected chi connectivity index (χ4v) is 2.46. The van der Waals surface area contributed by atoms with Crippen LogP contribution in [0.1, 0.15) is 41.7 Å². The Kier molecular flexibility index (Phi) is 3.14. The van der Waals surface area contributed by atoms with Gasteiger partial charge in [0.25, 0.3) is 11.5 Å². The molecule has 1 atom stereocenters. The summed E-state index contributed by atoms with van der Waals surface area (Å²) in [6.45, 7) is 3.56. The summed E-state index contributed by atoms with van der Waals surface area (Å²) in [7, 11) is 0. The Bertz CT molecular complexity index is 548. The molecule has 1 saturated heterocycles. The summed E-state index contributed by atoms with van der Waals surface area (Å²) in [5.41, 5.74) is 0.920. The van der Waals surface area contributed by atoms with Crippen molar-refractivity contribution in [2.45, 2.75) is 31.8 Å². The Balaban J connectivity index is 1.81. The molecule has 102 valence electrons. The zero-order valence-corrected chi connectivity index (χ0v) is 11.0. The predicted molar refractivity (Wildman–Crippen MR) is 70.4 cm³/mol. The Labute approximate surface area is 111 Å². The second-order valence-corrected chi connectivity index (χ2v) is 5.36. The molecule has 1 aromatic heterocycles. The first-order valence-electron chi connectivity index (χ1n) is 6.79. The fourth-order valence-electron chi connectivity index (χ4n) is 2.46.